The molecule has 133 valence electrons. The van der Waals surface area contributed by atoms with Gasteiger partial charge in [0.1, 0.15) is 6.26 Å². The zero-order chi connectivity index (χ0) is 18.2. The van der Waals surface area contributed by atoms with Gasteiger partial charge in [0.2, 0.25) is 0 Å². The van der Waals surface area contributed by atoms with E-state index in [1.165, 1.54) is 12.3 Å². The Bertz CT molecular complexity index is 534. The number of hydrogen-bond donors (Lipinski definition) is 0. The maximum absolute atomic E-state index is 12.9. The normalized spacial score (nSPS) is 13.2. The molecule has 6 heteroatoms. The summed E-state index contributed by atoms with van der Waals surface area (Å²) in [4.78, 5) is 12.9. The lowest BCUT2D eigenvalue weighted by atomic mass is 10.2. The standard InChI is InChI=1S/C18H28O4PSi/c1-7-16(23(19,20-8-2)21-9-3)15-22-24(18(4,5)6)17-13-11-10-12-14-17/h7,10-15H,1,8-9H2,2-6H3/b16-15+. The highest BCUT2D eigenvalue weighted by Gasteiger charge is 2.37. The summed E-state index contributed by atoms with van der Waals surface area (Å²) in [5.74, 6) is 0. The SMILES string of the molecule is C=C/C(=C\O[Si](c1ccccc1)C(C)(C)C)[P+]([O-])(OCC)OCC. The predicted octanol–water partition coefficient (Wildman–Crippen LogP) is 3.93. The third kappa shape index (κ3) is 5.83. The highest BCUT2D eigenvalue weighted by molar-refractivity contribution is 7.63. The largest absolute Gasteiger partial charge is 0.627 e. The summed E-state index contributed by atoms with van der Waals surface area (Å²) in [5.41, 5.74) is 0. The van der Waals surface area contributed by atoms with Gasteiger partial charge in [-0.3, -0.25) is 0 Å². The summed E-state index contributed by atoms with van der Waals surface area (Å²) < 4.78 is 16.9. The van der Waals surface area contributed by atoms with Crippen LogP contribution in [0.1, 0.15) is 34.6 Å². The smallest absolute Gasteiger partial charge is 0.321 e. The van der Waals surface area contributed by atoms with Gasteiger partial charge in [-0.1, -0.05) is 57.7 Å². The molecule has 0 aliphatic heterocycles. The van der Waals surface area contributed by atoms with Crippen LogP contribution in [0.5, 0.6) is 0 Å². The van der Waals surface area contributed by atoms with Crippen LogP contribution in [0.25, 0.3) is 0 Å². The van der Waals surface area contributed by atoms with E-state index in [4.69, 9.17) is 13.5 Å². The molecule has 1 aromatic carbocycles. The molecule has 0 aromatic heterocycles. The Balaban J connectivity index is 3.12. The van der Waals surface area contributed by atoms with Gasteiger partial charge in [0.05, 0.1) is 13.2 Å². The quantitative estimate of drug-likeness (QED) is 0.287. The van der Waals surface area contributed by atoms with Crippen molar-refractivity contribution < 1.29 is 18.4 Å². The van der Waals surface area contributed by atoms with E-state index in [9.17, 15) is 4.89 Å². The Morgan fingerprint density at radius 1 is 1.17 bits per heavy atom. The third-order valence-electron chi connectivity index (χ3n) is 3.14. The van der Waals surface area contributed by atoms with Gasteiger partial charge >= 0.3 is 9.04 Å². The molecule has 1 rings (SSSR count). The van der Waals surface area contributed by atoms with Crippen molar-refractivity contribution in [1.82, 2.24) is 0 Å². The molecule has 0 amide bonds. The highest BCUT2D eigenvalue weighted by atomic mass is 31.2. The molecule has 1 aromatic rings. The Morgan fingerprint density at radius 3 is 2.12 bits per heavy atom. The van der Waals surface area contributed by atoms with E-state index in [1.54, 1.807) is 13.8 Å². The minimum atomic E-state index is -3.40. The molecule has 0 aliphatic carbocycles. The van der Waals surface area contributed by atoms with E-state index in [2.05, 4.69) is 39.5 Å². The first-order chi connectivity index (χ1) is 11.3. The first-order valence-corrected chi connectivity index (χ1v) is 11.0. The second-order valence-electron chi connectivity index (χ2n) is 6.14. The zero-order valence-corrected chi connectivity index (χ0v) is 17.1. The predicted molar refractivity (Wildman–Crippen MR) is 101 cm³/mol. The lowest BCUT2D eigenvalue weighted by molar-refractivity contribution is -0.214. The minimum Gasteiger partial charge on any atom is -0.627 e. The molecule has 0 N–H and O–H groups in total. The monoisotopic (exact) mass is 367 g/mol. The molecule has 0 heterocycles. The van der Waals surface area contributed by atoms with Crippen LogP contribution in [-0.4, -0.2) is 22.3 Å². The topological polar surface area (TPSA) is 50.8 Å². The Morgan fingerprint density at radius 2 is 1.71 bits per heavy atom. The van der Waals surface area contributed by atoms with Crippen LogP contribution in [0, 0.1) is 0 Å². The van der Waals surface area contributed by atoms with Crippen LogP contribution in [-0.2, 0) is 13.5 Å². The van der Waals surface area contributed by atoms with Gasteiger partial charge in [-0.15, -0.1) is 0 Å². The minimum absolute atomic E-state index is 0.0456. The van der Waals surface area contributed by atoms with Gasteiger partial charge in [-0.2, -0.15) is 0 Å². The first kappa shape index (κ1) is 21.1. The fourth-order valence-corrected chi connectivity index (χ4v) is 5.79. The molecular formula is C18H28O4PSi. The van der Waals surface area contributed by atoms with E-state index in [-0.39, 0.29) is 18.3 Å². The van der Waals surface area contributed by atoms with Crippen LogP contribution in [0.3, 0.4) is 0 Å². The second kappa shape index (κ2) is 9.49. The number of rotatable bonds is 9. The summed E-state index contributed by atoms with van der Waals surface area (Å²) in [6, 6.07) is 10.1. The number of hydrogen-bond acceptors (Lipinski definition) is 4. The van der Waals surface area contributed by atoms with Crippen molar-refractivity contribution in [1.29, 1.82) is 0 Å². The van der Waals surface area contributed by atoms with Crippen molar-refractivity contribution >= 4 is 22.2 Å². The fourth-order valence-electron chi connectivity index (χ4n) is 2.14. The molecule has 0 saturated heterocycles. The molecule has 0 fully saturated rings. The number of benzene rings is 1. The molecule has 0 unspecified atom stereocenters. The fraction of sp³-hybridized carbons (Fsp3) is 0.444. The molecular weight excluding hydrogens is 339 g/mol. The van der Waals surface area contributed by atoms with Gasteiger partial charge in [0.25, 0.3) is 7.94 Å². The van der Waals surface area contributed by atoms with Crippen molar-refractivity contribution in [3.63, 3.8) is 0 Å². The van der Waals surface area contributed by atoms with Crippen molar-refractivity contribution in [3.8, 4) is 0 Å². The van der Waals surface area contributed by atoms with E-state index in [0.717, 1.165) is 5.19 Å². The number of allylic oxidation sites excluding steroid dienone is 2. The second-order valence-corrected chi connectivity index (χ2v) is 11.1. The van der Waals surface area contributed by atoms with Gasteiger partial charge in [0.15, 0.2) is 5.31 Å². The van der Waals surface area contributed by atoms with Gasteiger partial charge < -0.3 is 9.32 Å². The average Bonchev–Trinajstić information content (AvgIpc) is 2.51. The molecule has 0 spiro atoms. The van der Waals surface area contributed by atoms with Crippen LogP contribution < -0.4 is 10.1 Å². The van der Waals surface area contributed by atoms with Crippen molar-refractivity contribution in [2.45, 2.75) is 39.7 Å². The summed E-state index contributed by atoms with van der Waals surface area (Å²) >= 11 is 0. The van der Waals surface area contributed by atoms with E-state index in [0.29, 0.717) is 5.31 Å². The molecule has 0 atom stereocenters. The summed E-state index contributed by atoms with van der Waals surface area (Å²) in [7, 11) is -4.78. The van der Waals surface area contributed by atoms with E-state index < -0.39 is 17.0 Å². The Labute approximate surface area is 148 Å². The third-order valence-corrected chi connectivity index (χ3v) is 7.83. The van der Waals surface area contributed by atoms with Crippen molar-refractivity contribution in [2.75, 3.05) is 13.2 Å². The summed E-state index contributed by atoms with van der Waals surface area (Å²) in [6.07, 6.45) is 2.99. The Kier molecular flexibility index (Phi) is 8.34. The highest BCUT2D eigenvalue weighted by Crippen LogP contribution is 2.60. The van der Waals surface area contributed by atoms with E-state index in [1.807, 2.05) is 18.2 Å². The molecule has 0 aliphatic rings. The zero-order valence-electron chi connectivity index (χ0n) is 15.2. The van der Waals surface area contributed by atoms with Crippen LogP contribution >= 0.6 is 7.94 Å². The summed E-state index contributed by atoms with van der Waals surface area (Å²) in [6.45, 7) is 14.3. The van der Waals surface area contributed by atoms with Crippen LogP contribution in [0.4, 0.5) is 0 Å². The molecule has 4 nitrogen and oxygen atoms in total. The van der Waals surface area contributed by atoms with Gasteiger partial charge in [-0.25, -0.2) is 9.05 Å². The lowest BCUT2D eigenvalue weighted by Gasteiger charge is -2.29. The maximum Gasteiger partial charge on any atom is 0.321 e. The average molecular weight is 367 g/mol. The first-order valence-electron chi connectivity index (χ1n) is 8.10. The lowest BCUT2D eigenvalue weighted by Crippen LogP contribution is -2.40. The maximum atomic E-state index is 12.9. The van der Waals surface area contributed by atoms with Crippen LogP contribution in [0.2, 0.25) is 5.04 Å². The van der Waals surface area contributed by atoms with E-state index >= 15 is 0 Å². The molecule has 24 heavy (non-hydrogen) atoms. The molecule has 0 bridgehead atoms. The Hall–Kier alpha value is -0.973. The molecule has 0 saturated carbocycles. The van der Waals surface area contributed by atoms with Crippen molar-refractivity contribution in [3.05, 3.63) is 54.6 Å². The van der Waals surface area contributed by atoms with Crippen molar-refractivity contribution in [2.24, 2.45) is 0 Å². The summed E-state index contributed by atoms with van der Waals surface area (Å²) in [5, 5.41) is 1.46. The van der Waals surface area contributed by atoms with Gasteiger partial charge in [-0.05, 0) is 30.1 Å². The van der Waals surface area contributed by atoms with Gasteiger partial charge in [0, 0.05) is 0 Å². The van der Waals surface area contributed by atoms with Crippen LogP contribution in [0.15, 0.2) is 54.6 Å². The molecule has 1 radical (unpaired) electrons.